The maximum absolute atomic E-state index is 14.9. The third kappa shape index (κ3) is 6.97. The van der Waals surface area contributed by atoms with Gasteiger partial charge in [-0.1, -0.05) is 18.2 Å². The van der Waals surface area contributed by atoms with Crippen molar-refractivity contribution in [3.05, 3.63) is 70.4 Å². The third-order valence-electron chi connectivity index (χ3n) is 6.51. The zero-order valence-corrected chi connectivity index (χ0v) is 23.1. The van der Waals surface area contributed by atoms with E-state index >= 15 is 0 Å². The Bertz CT molecular complexity index is 1450. The Hall–Kier alpha value is -2.83. The molecule has 1 amide bonds. The number of carbonyl (C=O) groups excluding carboxylic acids is 1. The van der Waals surface area contributed by atoms with E-state index in [9.17, 15) is 22.4 Å². The van der Waals surface area contributed by atoms with E-state index in [1.165, 1.54) is 29.2 Å². The minimum absolute atomic E-state index is 0. The van der Waals surface area contributed by atoms with E-state index in [-0.39, 0.29) is 36.7 Å². The van der Waals surface area contributed by atoms with Gasteiger partial charge in [0.05, 0.1) is 6.61 Å². The summed E-state index contributed by atoms with van der Waals surface area (Å²) in [6.07, 6.45) is 2.18. The van der Waals surface area contributed by atoms with Gasteiger partial charge in [0.1, 0.15) is 5.82 Å². The van der Waals surface area contributed by atoms with Crippen molar-refractivity contribution < 1.29 is 27.5 Å². The maximum Gasteiger partial charge on any atom is 0.264 e. The number of sulfone groups is 1. The summed E-state index contributed by atoms with van der Waals surface area (Å²) in [5.74, 6) is -1.44. The van der Waals surface area contributed by atoms with E-state index in [2.05, 4.69) is 5.32 Å². The lowest BCUT2D eigenvalue weighted by Crippen LogP contribution is -2.49. The van der Waals surface area contributed by atoms with Gasteiger partial charge in [0.2, 0.25) is 0 Å². The summed E-state index contributed by atoms with van der Waals surface area (Å²) in [7, 11) is -3.89. The smallest absolute Gasteiger partial charge is 0.264 e. The van der Waals surface area contributed by atoms with Gasteiger partial charge in [0.25, 0.3) is 11.5 Å². The number of aryl methyl sites for hydroxylation is 1. The summed E-state index contributed by atoms with van der Waals surface area (Å²) in [6, 6.07) is 11.7. The SMILES string of the molecule is CCOCCNCc1ccc(-c2ccc3c(=O)n(CC[C@](C)(C(=O)NO)S(C)(=O)=O)ccc3c2)c(F)c1.Cl. The van der Waals surface area contributed by atoms with E-state index in [4.69, 9.17) is 9.94 Å². The second-order valence-corrected chi connectivity index (χ2v) is 11.4. The Labute approximate surface area is 227 Å². The van der Waals surface area contributed by atoms with Gasteiger partial charge in [0, 0.05) is 49.6 Å². The first-order valence-corrected chi connectivity index (χ1v) is 13.8. The average Bonchev–Trinajstić information content (AvgIpc) is 2.86. The van der Waals surface area contributed by atoms with Crippen LogP contribution in [-0.4, -0.2) is 54.9 Å². The number of carbonyl (C=O) groups is 1. The zero-order valence-electron chi connectivity index (χ0n) is 21.5. The predicted molar refractivity (Wildman–Crippen MR) is 147 cm³/mol. The molecule has 3 N–H and O–H groups in total. The highest BCUT2D eigenvalue weighted by molar-refractivity contribution is 7.92. The second-order valence-electron chi connectivity index (χ2n) is 9.00. The van der Waals surface area contributed by atoms with E-state index < -0.39 is 20.5 Å². The topological polar surface area (TPSA) is 127 Å². The maximum atomic E-state index is 14.9. The van der Waals surface area contributed by atoms with Crippen molar-refractivity contribution in [2.24, 2.45) is 0 Å². The number of hydroxylamine groups is 1. The van der Waals surface area contributed by atoms with Crippen LogP contribution in [0, 0.1) is 5.82 Å². The number of rotatable bonds is 12. The van der Waals surface area contributed by atoms with Crippen molar-refractivity contribution in [3.8, 4) is 11.1 Å². The molecule has 0 aliphatic heterocycles. The van der Waals surface area contributed by atoms with Gasteiger partial charge >= 0.3 is 0 Å². The molecular formula is C26H33ClFN3O6S. The number of hydrogen-bond donors (Lipinski definition) is 3. The monoisotopic (exact) mass is 569 g/mol. The number of aromatic nitrogens is 1. The Morgan fingerprint density at radius 1 is 1.18 bits per heavy atom. The van der Waals surface area contributed by atoms with E-state index in [0.717, 1.165) is 11.8 Å². The number of pyridine rings is 1. The fourth-order valence-corrected chi connectivity index (χ4v) is 4.82. The highest BCUT2D eigenvalue weighted by Gasteiger charge is 2.43. The summed E-state index contributed by atoms with van der Waals surface area (Å²) in [4.78, 5) is 25.1. The Balaban J connectivity index is 0.00000507. The molecule has 0 bridgehead atoms. The molecule has 0 unspecified atom stereocenters. The summed E-state index contributed by atoms with van der Waals surface area (Å²) in [5.41, 5.74) is 2.84. The molecule has 3 aromatic rings. The van der Waals surface area contributed by atoms with Crippen LogP contribution >= 0.6 is 12.4 Å². The number of hydrogen-bond acceptors (Lipinski definition) is 7. The van der Waals surface area contributed by atoms with Gasteiger partial charge in [-0.25, -0.2) is 18.3 Å². The van der Waals surface area contributed by atoms with Gasteiger partial charge in [-0.15, -0.1) is 12.4 Å². The molecule has 2 aromatic carbocycles. The Morgan fingerprint density at radius 3 is 2.55 bits per heavy atom. The van der Waals surface area contributed by atoms with Crippen LogP contribution in [0.4, 0.5) is 4.39 Å². The van der Waals surface area contributed by atoms with Crippen LogP contribution in [0.3, 0.4) is 0 Å². The molecule has 0 aliphatic rings. The third-order valence-corrected chi connectivity index (χ3v) is 8.53. The molecule has 3 rings (SSSR count). The fourth-order valence-electron chi connectivity index (χ4n) is 3.98. The first-order valence-electron chi connectivity index (χ1n) is 11.9. The minimum atomic E-state index is -3.89. The van der Waals surface area contributed by atoms with Crippen molar-refractivity contribution in [1.29, 1.82) is 0 Å². The molecule has 0 saturated heterocycles. The van der Waals surface area contributed by atoms with Gasteiger partial charge in [-0.05, 0) is 61.0 Å². The van der Waals surface area contributed by atoms with Crippen LogP contribution < -0.4 is 16.4 Å². The molecule has 0 spiro atoms. The molecule has 0 fully saturated rings. The lowest BCUT2D eigenvalue weighted by molar-refractivity contribution is -0.131. The van der Waals surface area contributed by atoms with E-state index in [1.807, 2.05) is 13.0 Å². The van der Waals surface area contributed by atoms with Gasteiger partial charge in [-0.3, -0.25) is 14.8 Å². The number of ether oxygens (including phenoxy) is 1. The molecule has 0 radical (unpaired) electrons. The van der Waals surface area contributed by atoms with Gasteiger partial charge < -0.3 is 14.6 Å². The zero-order chi connectivity index (χ0) is 27.2. The summed E-state index contributed by atoms with van der Waals surface area (Å²) >= 11 is 0. The number of amides is 1. The molecule has 12 heteroatoms. The van der Waals surface area contributed by atoms with Gasteiger partial charge in [-0.2, -0.15) is 0 Å². The normalized spacial score (nSPS) is 13.1. The molecule has 208 valence electrons. The average molecular weight is 570 g/mol. The van der Waals surface area contributed by atoms with Crippen LogP contribution in [0.25, 0.3) is 21.9 Å². The standard InChI is InChI=1S/C26H32FN3O6S.ClH/c1-4-36-14-11-28-17-18-5-7-21(23(27)15-18)19-6-8-22-20(16-19)9-12-30(24(22)31)13-10-26(2,25(32)29-33)37(3,34)35;/h5-9,12,15-16,28,33H,4,10-11,13-14,17H2,1-3H3,(H,29,32);1H/t26-;/m1./s1. The molecule has 1 aromatic heterocycles. The second kappa shape index (κ2) is 13.3. The lowest BCUT2D eigenvalue weighted by Gasteiger charge is -2.25. The van der Waals surface area contributed by atoms with Crippen molar-refractivity contribution in [2.45, 2.75) is 38.1 Å². The van der Waals surface area contributed by atoms with E-state index in [1.54, 1.807) is 30.3 Å². The molecule has 0 saturated carbocycles. The molecule has 0 aliphatic carbocycles. The van der Waals surface area contributed by atoms with Crippen LogP contribution in [0.15, 0.2) is 53.5 Å². The molecule has 38 heavy (non-hydrogen) atoms. The summed E-state index contributed by atoms with van der Waals surface area (Å²) in [6.45, 7) is 5.48. The Morgan fingerprint density at radius 2 is 1.92 bits per heavy atom. The largest absolute Gasteiger partial charge is 0.380 e. The van der Waals surface area contributed by atoms with Crippen molar-refractivity contribution in [3.63, 3.8) is 0 Å². The van der Waals surface area contributed by atoms with Crippen molar-refractivity contribution in [1.82, 2.24) is 15.4 Å². The first-order chi connectivity index (χ1) is 17.5. The molecule has 1 atom stereocenters. The summed E-state index contributed by atoms with van der Waals surface area (Å²) < 4.78 is 43.9. The fraction of sp³-hybridized carbons (Fsp3) is 0.385. The van der Waals surface area contributed by atoms with Crippen molar-refractivity contribution in [2.75, 3.05) is 26.0 Å². The predicted octanol–water partition coefficient (Wildman–Crippen LogP) is 3.05. The van der Waals surface area contributed by atoms with Crippen LogP contribution in [-0.2, 0) is 32.5 Å². The number of benzene rings is 2. The Kier molecular flexibility index (Phi) is 11.0. The van der Waals surface area contributed by atoms with E-state index in [0.29, 0.717) is 48.2 Å². The quantitative estimate of drug-likeness (QED) is 0.174. The lowest BCUT2D eigenvalue weighted by atomic mass is 10.00. The number of nitrogens with zero attached hydrogens (tertiary/aromatic N) is 1. The first kappa shape index (κ1) is 31.4. The molecule has 9 nitrogen and oxygen atoms in total. The van der Waals surface area contributed by atoms with Gasteiger partial charge in [0.15, 0.2) is 14.6 Å². The number of halogens is 2. The molecular weight excluding hydrogens is 537 g/mol. The highest BCUT2D eigenvalue weighted by atomic mass is 35.5. The number of nitrogens with one attached hydrogen (secondary N) is 2. The van der Waals surface area contributed by atoms with Crippen LogP contribution in [0.1, 0.15) is 25.8 Å². The molecule has 1 heterocycles. The van der Waals surface area contributed by atoms with Crippen LogP contribution in [0.5, 0.6) is 0 Å². The highest BCUT2D eigenvalue weighted by Crippen LogP contribution is 2.27. The number of fused-ring (bicyclic) bond motifs is 1. The minimum Gasteiger partial charge on any atom is -0.380 e. The van der Waals surface area contributed by atoms with Crippen LogP contribution in [0.2, 0.25) is 0 Å². The van der Waals surface area contributed by atoms with Crippen molar-refractivity contribution >= 4 is 38.9 Å². The summed E-state index contributed by atoms with van der Waals surface area (Å²) in [5, 5.41) is 13.1.